The molecule has 0 amide bonds. The number of sulfonamides is 2. The predicted molar refractivity (Wildman–Crippen MR) is 68.4 cm³/mol. The maximum absolute atomic E-state index is 11.9. The number of carboxylic acids is 1. The van der Waals surface area contributed by atoms with Gasteiger partial charge in [0.1, 0.15) is 10.7 Å². The number of carbonyl (C=O) groups is 1. The summed E-state index contributed by atoms with van der Waals surface area (Å²) in [5, 5.41) is 8.71. The average Bonchev–Trinajstić information content (AvgIpc) is 2.72. The largest absolute Gasteiger partial charge is 0.475 e. The van der Waals surface area contributed by atoms with Crippen molar-refractivity contribution in [3.63, 3.8) is 0 Å². The minimum Gasteiger partial charge on any atom is -0.475 e. The van der Waals surface area contributed by atoms with Gasteiger partial charge < -0.3 is 9.52 Å². The van der Waals surface area contributed by atoms with Gasteiger partial charge in [0.25, 0.3) is 0 Å². The maximum atomic E-state index is 11.9. The molecule has 0 saturated carbocycles. The number of carboxylic acid groups (broad SMARTS) is 1. The van der Waals surface area contributed by atoms with Crippen molar-refractivity contribution >= 4 is 26.0 Å². The van der Waals surface area contributed by atoms with Gasteiger partial charge in [-0.05, 0) is 14.0 Å². The van der Waals surface area contributed by atoms with Gasteiger partial charge in [0, 0.05) is 12.6 Å². The molecule has 1 aromatic heterocycles. The first-order valence-electron chi connectivity index (χ1n) is 5.33. The second-order valence-electron chi connectivity index (χ2n) is 3.76. The fourth-order valence-corrected chi connectivity index (χ4v) is 3.24. The molecular weight excluding hydrogens is 312 g/mol. The van der Waals surface area contributed by atoms with Crippen molar-refractivity contribution in [3.8, 4) is 0 Å². The highest BCUT2D eigenvalue weighted by Crippen LogP contribution is 2.19. The summed E-state index contributed by atoms with van der Waals surface area (Å²) in [5.41, 5.74) is 0. The molecule has 0 aliphatic rings. The van der Waals surface area contributed by atoms with Crippen molar-refractivity contribution in [3.05, 3.63) is 17.6 Å². The maximum Gasteiger partial charge on any atom is 0.371 e. The highest BCUT2D eigenvalue weighted by molar-refractivity contribution is 7.90. The summed E-state index contributed by atoms with van der Waals surface area (Å²) in [6.45, 7) is 0.948. The summed E-state index contributed by atoms with van der Waals surface area (Å²) in [7, 11) is -6.36. The van der Waals surface area contributed by atoms with E-state index in [0.29, 0.717) is 0 Å². The average molecular weight is 326 g/mol. The van der Waals surface area contributed by atoms with E-state index in [1.165, 1.54) is 14.0 Å². The molecule has 0 atom stereocenters. The molecule has 0 aromatic carbocycles. The molecular formula is C9H14N2O7S2. The van der Waals surface area contributed by atoms with Crippen LogP contribution in [0.1, 0.15) is 16.3 Å². The van der Waals surface area contributed by atoms with Crippen molar-refractivity contribution in [1.29, 1.82) is 0 Å². The highest BCUT2D eigenvalue weighted by Gasteiger charge is 2.24. The van der Waals surface area contributed by atoms with Crippen molar-refractivity contribution in [2.24, 2.45) is 0 Å². The van der Waals surface area contributed by atoms with Crippen LogP contribution in [0.5, 0.6) is 0 Å². The number of nitrogens with one attached hydrogen (secondary N) is 2. The number of hydrogen-bond acceptors (Lipinski definition) is 6. The van der Waals surface area contributed by atoms with Crippen LogP contribution >= 0.6 is 0 Å². The van der Waals surface area contributed by atoms with E-state index in [2.05, 4.69) is 4.72 Å². The molecule has 20 heavy (non-hydrogen) atoms. The van der Waals surface area contributed by atoms with Gasteiger partial charge in [0.2, 0.25) is 25.8 Å². The molecule has 0 saturated heterocycles. The van der Waals surface area contributed by atoms with E-state index in [4.69, 9.17) is 9.52 Å². The van der Waals surface area contributed by atoms with E-state index >= 15 is 0 Å². The second kappa shape index (κ2) is 5.91. The van der Waals surface area contributed by atoms with Crippen LogP contribution < -0.4 is 9.44 Å². The predicted octanol–water partition coefficient (Wildman–Crippen LogP) is -0.886. The number of aromatic carboxylic acids is 1. The molecule has 0 radical (unpaired) electrons. The Hall–Kier alpha value is -1.43. The standard InChI is InChI=1S/C9H14N2O7S2/c1-6-8(5-7(18-6)9(12)13)20(16,17)11-3-4-19(14,15)10-2/h5,10-11H,3-4H2,1-2H3,(H,12,13). The number of aryl methyl sites for hydroxylation is 1. The third-order valence-electron chi connectivity index (χ3n) is 2.35. The molecule has 0 aliphatic heterocycles. The zero-order valence-electron chi connectivity index (χ0n) is 10.7. The lowest BCUT2D eigenvalue weighted by Crippen LogP contribution is -2.33. The summed E-state index contributed by atoms with van der Waals surface area (Å²) in [6.07, 6.45) is 0. The quantitative estimate of drug-likeness (QED) is 0.590. The summed E-state index contributed by atoms with van der Waals surface area (Å²) in [4.78, 5) is 10.3. The molecule has 0 unspecified atom stereocenters. The van der Waals surface area contributed by atoms with Gasteiger partial charge in [-0.1, -0.05) is 0 Å². The molecule has 11 heteroatoms. The first-order chi connectivity index (χ1) is 9.09. The van der Waals surface area contributed by atoms with Gasteiger partial charge in [0.05, 0.1) is 5.75 Å². The first-order valence-corrected chi connectivity index (χ1v) is 8.47. The summed E-state index contributed by atoms with van der Waals surface area (Å²) < 4.78 is 54.9. The van der Waals surface area contributed by atoms with E-state index in [-0.39, 0.29) is 17.2 Å². The Labute approximate surface area is 116 Å². The molecule has 1 heterocycles. The SMILES string of the molecule is CNS(=O)(=O)CCNS(=O)(=O)c1cc(C(=O)O)oc1C. The van der Waals surface area contributed by atoms with Crippen molar-refractivity contribution in [1.82, 2.24) is 9.44 Å². The summed E-state index contributed by atoms with van der Waals surface area (Å²) in [5.74, 6) is -2.43. The monoisotopic (exact) mass is 326 g/mol. The van der Waals surface area contributed by atoms with Gasteiger partial charge in [0.15, 0.2) is 0 Å². The van der Waals surface area contributed by atoms with E-state index in [1.807, 2.05) is 4.72 Å². The van der Waals surface area contributed by atoms with E-state index in [9.17, 15) is 21.6 Å². The normalized spacial score (nSPS) is 12.5. The second-order valence-corrected chi connectivity index (χ2v) is 7.54. The zero-order valence-corrected chi connectivity index (χ0v) is 12.3. The van der Waals surface area contributed by atoms with Gasteiger partial charge >= 0.3 is 5.97 Å². The fraction of sp³-hybridized carbons (Fsp3) is 0.444. The van der Waals surface area contributed by atoms with Gasteiger partial charge in [-0.25, -0.2) is 31.1 Å². The van der Waals surface area contributed by atoms with E-state index < -0.39 is 37.5 Å². The first kappa shape index (κ1) is 16.6. The van der Waals surface area contributed by atoms with Crippen LogP contribution in [-0.4, -0.2) is 47.3 Å². The Kier molecular flexibility index (Phi) is 4.91. The lowest BCUT2D eigenvalue weighted by Gasteiger charge is -2.05. The van der Waals surface area contributed by atoms with Crippen LogP contribution in [0.3, 0.4) is 0 Å². The number of hydrogen-bond donors (Lipinski definition) is 3. The summed E-state index contributed by atoms with van der Waals surface area (Å²) >= 11 is 0. The highest BCUT2D eigenvalue weighted by atomic mass is 32.2. The Bertz CT molecular complexity index is 703. The fourth-order valence-electron chi connectivity index (χ4n) is 1.33. The molecule has 1 rings (SSSR count). The minimum atomic E-state index is -4.03. The Balaban J connectivity index is 2.87. The Morgan fingerprint density at radius 2 is 1.95 bits per heavy atom. The minimum absolute atomic E-state index is 0.0913. The number of furan rings is 1. The van der Waals surface area contributed by atoms with Crippen LogP contribution in [0.15, 0.2) is 15.4 Å². The van der Waals surface area contributed by atoms with Crippen molar-refractivity contribution < 1.29 is 31.2 Å². The molecule has 0 bridgehead atoms. The molecule has 3 N–H and O–H groups in total. The molecule has 0 spiro atoms. The van der Waals surface area contributed by atoms with Crippen LogP contribution in [-0.2, 0) is 20.0 Å². The van der Waals surface area contributed by atoms with Crippen molar-refractivity contribution in [2.75, 3.05) is 19.3 Å². The molecule has 114 valence electrons. The van der Waals surface area contributed by atoms with Crippen LogP contribution in [0.2, 0.25) is 0 Å². The molecule has 0 fully saturated rings. The van der Waals surface area contributed by atoms with Crippen LogP contribution in [0, 0.1) is 6.92 Å². The van der Waals surface area contributed by atoms with Gasteiger partial charge in [-0.3, -0.25) is 0 Å². The number of rotatable bonds is 7. The Morgan fingerprint density at radius 1 is 1.35 bits per heavy atom. The molecule has 9 nitrogen and oxygen atoms in total. The third kappa shape index (κ3) is 4.03. The van der Waals surface area contributed by atoms with Gasteiger partial charge in [-0.15, -0.1) is 0 Å². The van der Waals surface area contributed by atoms with Gasteiger partial charge in [-0.2, -0.15) is 0 Å². The van der Waals surface area contributed by atoms with Crippen LogP contribution in [0.4, 0.5) is 0 Å². The smallest absolute Gasteiger partial charge is 0.371 e. The van der Waals surface area contributed by atoms with Crippen LogP contribution in [0.25, 0.3) is 0 Å². The lowest BCUT2D eigenvalue weighted by atomic mass is 10.4. The Morgan fingerprint density at radius 3 is 2.40 bits per heavy atom. The molecule has 0 aliphatic carbocycles. The zero-order chi connectivity index (χ0) is 15.6. The van der Waals surface area contributed by atoms with Crippen molar-refractivity contribution in [2.45, 2.75) is 11.8 Å². The topological polar surface area (TPSA) is 143 Å². The molecule has 1 aromatic rings. The van der Waals surface area contributed by atoms with E-state index in [0.717, 1.165) is 6.07 Å². The third-order valence-corrected chi connectivity index (χ3v) is 5.28. The van der Waals surface area contributed by atoms with E-state index in [1.54, 1.807) is 0 Å². The lowest BCUT2D eigenvalue weighted by molar-refractivity contribution is 0.0661. The summed E-state index contributed by atoms with van der Waals surface area (Å²) in [6, 6.07) is 0.868.